The van der Waals surface area contributed by atoms with Crippen LogP contribution in [0.3, 0.4) is 0 Å². The topological polar surface area (TPSA) is 33.1 Å². The number of aliphatic hydroxyl groups excluding tert-OH is 1. The van der Waals surface area contributed by atoms with E-state index in [0.29, 0.717) is 11.3 Å². The molecule has 0 saturated carbocycles. The number of hydrogen-bond donors (Lipinski definition) is 1. The fourth-order valence-electron chi connectivity index (χ4n) is 1.38. The van der Waals surface area contributed by atoms with Crippen LogP contribution < -0.4 is 0 Å². The van der Waals surface area contributed by atoms with Gasteiger partial charge in [-0.15, -0.1) is 0 Å². The second-order valence-electron chi connectivity index (χ2n) is 3.31. The van der Waals surface area contributed by atoms with Crippen molar-refractivity contribution in [3.63, 3.8) is 0 Å². The van der Waals surface area contributed by atoms with Crippen LogP contribution in [0, 0.1) is 0 Å². The number of nitrogens with zero attached hydrogens (tertiary/aromatic N) is 1. The van der Waals surface area contributed by atoms with Crippen molar-refractivity contribution in [2.75, 3.05) is 0 Å². The number of pyridine rings is 1. The molecule has 1 aromatic carbocycles. The van der Waals surface area contributed by atoms with Gasteiger partial charge in [0.1, 0.15) is 5.76 Å². The van der Waals surface area contributed by atoms with Crippen molar-refractivity contribution >= 4 is 16.5 Å². The number of aromatic nitrogens is 1. The molecule has 0 radical (unpaired) electrons. The van der Waals surface area contributed by atoms with Crippen molar-refractivity contribution in [2.45, 2.75) is 0 Å². The Bertz CT molecular complexity index is 543. The largest absolute Gasteiger partial charge is 0.508 e. The van der Waals surface area contributed by atoms with E-state index in [9.17, 15) is 5.11 Å². The normalized spacial score (nSPS) is 10.1. The molecule has 0 aliphatic heterocycles. The fourth-order valence-corrected chi connectivity index (χ4v) is 1.38. The third kappa shape index (κ3) is 1.74. The lowest BCUT2D eigenvalue weighted by atomic mass is 10.1. The SMILES string of the molecule is C=C(O)C(=C)c1ccc2ccccc2n1. The molecule has 0 unspecified atom stereocenters. The lowest BCUT2D eigenvalue weighted by Crippen LogP contribution is -1.90. The van der Waals surface area contributed by atoms with Crippen LogP contribution in [0.5, 0.6) is 0 Å². The smallest absolute Gasteiger partial charge is 0.117 e. The van der Waals surface area contributed by atoms with Crippen LogP contribution in [-0.4, -0.2) is 10.1 Å². The highest BCUT2D eigenvalue weighted by Gasteiger charge is 2.03. The highest BCUT2D eigenvalue weighted by atomic mass is 16.3. The van der Waals surface area contributed by atoms with E-state index in [1.165, 1.54) is 0 Å². The third-order valence-corrected chi connectivity index (χ3v) is 2.26. The molecule has 0 aliphatic carbocycles. The lowest BCUT2D eigenvalue weighted by Gasteiger charge is -2.04. The summed E-state index contributed by atoms with van der Waals surface area (Å²) in [6.45, 7) is 7.15. The van der Waals surface area contributed by atoms with Crippen LogP contribution >= 0.6 is 0 Å². The Kier molecular flexibility index (Phi) is 2.26. The summed E-state index contributed by atoms with van der Waals surface area (Å²) in [5.74, 6) is -0.0437. The first-order valence-electron chi connectivity index (χ1n) is 4.62. The Morgan fingerprint density at radius 1 is 1.07 bits per heavy atom. The summed E-state index contributed by atoms with van der Waals surface area (Å²) in [6.07, 6.45) is 0. The molecule has 0 spiro atoms. The van der Waals surface area contributed by atoms with Gasteiger partial charge in [0.2, 0.25) is 0 Å². The van der Waals surface area contributed by atoms with Gasteiger partial charge in [0.15, 0.2) is 0 Å². The summed E-state index contributed by atoms with van der Waals surface area (Å²) < 4.78 is 0. The van der Waals surface area contributed by atoms with Crippen molar-refractivity contribution in [3.8, 4) is 0 Å². The zero-order chi connectivity index (χ0) is 10.8. The molecule has 2 nitrogen and oxygen atoms in total. The minimum Gasteiger partial charge on any atom is -0.508 e. The molecule has 0 amide bonds. The molecule has 0 fully saturated rings. The molecule has 1 N–H and O–H groups in total. The van der Waals surface area contributed by atoms with Gasteiger partial charge < -0.3 is 5.11 Å². The lowest BCUT2D eigenvalue weighted by molar-refractivity contribution is 0.440. The summed E-state index contributed by atoms with van der Waals surface area (Å²) in [5, 5.41) is 10.3. The molecule has 1 aromatic heterocycles. The third-order valence-electron chi connectivity index (χ3n) is 2.26. The number of aliphatic hydroxyl groups is 1. The van der Waals surface area contributed by atoms with Gasteiger partial charge in [-0.05, 0) is 12.1 Å². The van der Waals surface area contributed by atoms with E-state index >= 15 is 0 Å². The molecule has 0 atom stereocenters. The molecule has 2 aromatic rings. The van der Waals surface area contributed by atoms with Crippen LogP contribution in [-0.2, 0) is 0 Å². The van der Waals surface area contributed by atoms with Crippen molar-refractivity contribution in [3.05, 3.63) is 61.0 Å². The second-order valence-corrected chi connectivity index (χ2v) is 3.31. The summed E-state index contributed by atoms with van der Waals surface area (Å²) in [6, 6.07) is 11.6. The van der Waals surface area contributed by atoms with Crippen LogP contribution in [0.25, 0.3) is 16.5 Å². The van der Waals surface area contributed by atoms with E-state index in [2.05, 4.69) is 18.1 Å². The van der Waals surface area contributed by atoms with Crippen molar-refractivity contribution < 1.29 is 5.11 Å². The molecule has 2 rings (SSSR count). The molecule has 0 bridgehead atoms. The number of para-hydroxylation sites is 1. The maximum atomic E-state index is 9.21. The van der Waals surface area contributed by atoms with Gasteiger partial charge in [-0.3, -0.25) is 0 Å². The Morgan fingerprint density at radius 2 is 1.80 bits per heavy atom. The van der Waals surface area contributed by atoms with E-state index < -0.39 is 0 Å². The van der Waals surface area contributed by atoms with Gasteiger partial charge in [-0.25, -0.2) is 4.98 Å². The maximum absolute atomic E-state index is 9.21. The number of rotatable bonds is 2. The first kappa shape index (κ1) is 9.46. The Morgan fingerprint density at radius 3 is 2.53 bits per heavy atom. The van der Waals surface area contributed by atoms with Crippen LogP contribution in [0.2, 0.25) is 0 Å². The standard InChI is InChI=1S/C13H11NO/c1-9(10(2)15)12-8-7-11-5-3-4-6-13(11)14-12/h3-8,15H,1-2H2. The van der Waals surface area contributed by atoms with Crippen LogP contribution in [0.1, 0.15) is 5.69 Å². The predicted molar refractivity (Wildman–Crippen MR) is 62.5 cm³/mol. The summed E-state index contributed by atoms with van der Waals surface area (Å²) in [7, 11) is 0. The van der Waals surface area contributed by atoms with E-state index in [1.807, 2.05) is 36.4 Å². The highest BCUT2D eigenvalue weighted by Crippen LogP contribution is 2.19. The van der Waals surface area contributed by atoms with Crippen molar-refractivity contribution in [2.24, 2.45) is 0 Å². The van der Waals surface area contributed by atoms with Gasteiger partial charge in [0.05, 0.1) is 11.2 Å². The molecule has 0 saturated heterocycles. The maximum Gasteiger partial charge on any atom is 0.117 e. The van der Waals surface area contributed by atoms with Crippen molar-refractivity contribution in [1.29, 1.82) is 0 Å². The zero-order valence-corrected chi connectivity index (χ0v) is 8.27. The minimum absolute atomic E-state index is 0.0437. The molecule has 74 valence electrons. The average molecular weight is 197 g/mol. The summed E-state index contributed by atoms with van der Waals surface area (Å²) >= 11 is 0. The Balaban J connectivity index is 2.56. The van der Waals surface area contributed by atoms with E-state index in [0.717, 1.165) is 10.9 Å². The van der Waals surface area contributed by atoms with Gasteiger partial charge in [-0.2, -0.15) is 0 Å². The van der Waals surface area contributed by atoms with Gasteiger partial charge in [-0.1, -0.05) is 37.4 Å². The van der Waals surface area contributed by atoms with Crippen LogP contribution in [0.4, 0.5) is 0 Å². The van der Waals surface area contributed by atoms with Gasteiger partial charge >= 0.3 is 0 Å². The van der Waals surface area contributed by atoms with E-state index in [-0.39, 0.29) is 5.76 Å². The van der Waals surface area contributed by atoms with Crippen LogP contribution in [0.15, 0.2) is 55.3 Å². The summed E-state index contributed by atoms with van der Waals surface area (Å²) in [5.41, 5.74) is 2.00. The highest BCUT2D eigenvalue weighted by molar-refractivity contribution is 5.82. The average Bonchev–Trinajstić information content (AvgIpc) is 2.27. The van der Waals surface area contributed by atoms with E-state index in [1.54, 1.807) is 0 Å². The quantitative estimate of drug-likeness (QED) is 0.591. The molecular formula is C13H11NO. The van der Waals surface area contributed by atoms with Gasteiger partial charge in [0, 0.05) is 11.0 Å². The number of allylic oxidation sites excluding steroid dienone is 1. The van der Waals surface area contributed by atoms with Crippen molar-refractivity contribution in [1.82, 2.24) is 4.98 Å². The molecular weight excluding hydrogens is 186 g/mol. The van der Waals surface area contributed by atoms with E-state index in [4.69, 9.17) is 0 Å². The monoisotopic (exact) mass is 197 g/mol. The Hall–Kier alpha value is -2.09. The summed E-state index contributed by atoms with van der Waals surface area (Å²) in [4.78, 5) is 4.38. The first-order chi connectivity index (χ1) is 7.18. The minimum atomic E-state index is -0.0437. The van der Waals surface area contributed by atoms with Gasteiger partial charge in [0.25, 0.3) is 0 Å². The zero-order valence-electron chi connectivity index (χ0n) is 8.27. The molecule has 0 aliphatic rings. The fraction of sp³-hybridized carbons (Fsp3) is 0. The second kappa shape index (κ2) is 3.58. The molecule has 1 heterocycles. The number of hydrogen-bond acceptors (Lipinski definition) is 2. The molecule has 2 heteroatoms. The predicted octanol–water partition coefficient (Wildman–Crippen LogP) is 3.32. The number of benzene rings is 1. The Labute approximate surface area is 88.2 Å². The first-order valence-corrected chi connectivity index (χ1v) is 4.62. The molecule has 15 heavy (non-hydrogen) atoms. The number of fused-ring (bicyclic) bond motifs is 1.